The Kier molecular flexibility index (Phi) is 5.34. The van der Waals surface area contributed by atoms with Gasteiger partial charge < -0.3 is 4.90 Å². The lowest BCUT2D eigenvalue weighted by Crippen LogP contribution is -2.48. The number of nitrogens with zero attached hydrogens (tertiary/aromatic N) is 1. The molecule has 1 nitrogen and oxygen atoms in total. The topological polar surface area (TPSA) is 3.24 Å². The first-order valence-corrected chi connectivity index (χ1v) is 8.75. The zero-order chi connectivity index (χ0) is 13.9. The fraction of sp³-hybridized carbons (Fsp3) is 1.00. The van der Waals surface area contributed by atoms with Gasteiger partial charge in [-0.3, -0.25) is 0 Å². The van der Waals surface area contributed by atoms with Crippen molar-refractivity contribution in [1.29, 1.82) is 0 Å². The van der Waals surface area contributed by atoms with Gasteiger partial charge in [-0.25, -0.2) is 0 Å². The molecule has 0 bridgehead atoms. The number of hydrogen-bond acceptors (Lipinski definition) is 1. The Bertz CT molecular complexity index is 253. The van der Waals surface area contributed by atoms with E-state index in [1.807, 2.05) is 0 Å². The van der Waals surface area contributed by atoms with E-state index in [1.165, 1.54) is 51.6 Å². The van der Waals surface area contributed by atoms with Gasteiger partial charge in [-0.1, -0.05) is 39.5 Å². The average Bonchev–Trinajstić information content (AvgIpc) is 2.32. The van der Waals surface area contributed by atoms with Gasteiger partial charge in [0.25, 0.3) is 0 Å². The summed E-state index contributed by atoms with van der Waals surface area (Å²) in [5.41, 5.74) is 0.786. The minimum absolute atomic E-state index is 0.754. The lowest BCUT2D eigenvalue weighted by Gasteiger charge is -2.53. The molecule has 2 rings (SSSR count). The summed E-state index contributed by atoms with van der Waals surface area (Å²) in [5.74, 6) is 1.98. The molecule has 1 aliphatic carbocycles. The molecule has 0 atom stereocenters. The summed E-state index contributed by atoms with van der Waals surface area (Å²) in [5, 5.41) is 0. The van der Waals surface area contributed by atoms with Gasteiger partial charge in [0, 0.05) is 6.04 Å². The van der Waals surface area contributed by atoms with E-state index in [0.717, 1.165) is 23.3 Å². The van der Waals surface area contributed by atoms with E-state index in [9.17, 15) is 0 Å². The smallest absolute Gasteiger partial charge is 0.00385 e. The molecular weight excluding hydrogens is 230 g/mol. The third kappa shape index (κ3) is 4.21. The van der Waals surface area contributed by atoms with Crippen molar-refractivity contribution in [2.45, 2.75) is 85.1 Å². The number of hydrogen-bond donors (Lipinski definition) is 0. The molecule has 2 aliphatic rings. The molecule has 0 amide bonds. The third-order valence-electron chi connectivity index (χ3n) is 5.68. The monoisotopic (exact) mass is 265 g/mol. The SMILES string of the molecule is CC(C)CCCCC1CC2(CCN(C(C)C)CC2)C1. The van der Waals surface area contributed by atoms with Crippen LogP contribution in [0.25, 0.3) is 0 Å². The highest BCUT2D eigenvalue weighted by Crippen LogP contribution is 2.54. The predicted molar refractivity (Wildman–Crippen MR) is 84.4 cm³/mol. The number of rotatable bonds is 6. The normalized spacial score (nSPS) is 24.3. The Hall–Kier alpha value is -0.0400. The van der Waals surface area contributed by atoms with Crippen molar-refractivity contribution in [3.63, 3.8) is 0 Å². The first kappa shape index (κ1) is 15.4. The molecule has 0 N–H and O–H groups in total. The van der Waals surface area contributed by atoms with E-state index in [1.54, 1.807) is 12.8 Å². The molecule has 0 unspecified atom stereocenters. The van der Waals surface area contributed by atoms with Crippen LogP contribution in [0.1, 0.15) is 79.1 Å². The van der Waals surface area contributed by atoms with Crippen LogP contribution >= 0.6 is 0 Å². The molecule has 1 saturated heterocycles. The molecule has 112 valence electrons. The number of piperidine rings is 1. The maximum absolute atomic E-state index is 2.67. The Morgan fingerprint density at radius 3 is 2.16 bits per heavy atom. The largest absolute Gasteiger partial charge is 0.301 e. The van der Waals surface area contributed by atoms with E-state index in [-0.39, 0.29) is 0 Å². The molecule has 0 aromatic heterocycles. The molecule has 1 saturated carbocycles. The highest BCUT2D eigenvalue weighted by molar-refractivity contribution is 4.97. The molecule has 1 aliphatic heterocycles. The summed E-state index contributed by atoms with van der Waals surface area (Å²) in [6.07, 6.45) is 12.0. The van der Waals surface area contributed by atoms with Crippen molar-refractivity contribution >= 4 is 0 Å². The second-order valence-electron chi connectivity index (χ2n) is 8.08. The summed E-state index contributed by atoms with van der Waals surface area (Å²) in [7, 11) is 0. The molecular formula is C18H35N. The highest BCUT2D eigenvalue weighted by atomic mass is 15.2. The standard InChI is InChI=1S/C18H35N/c1-15(2)7-5-6-8-17-13-18(14-17)9-11-19(12-10-18)16(3)4/h15-17H,5-14H2,1-4H3. The number of unbranched alkanes of at least 4 members (excludes halogenated alkanes) is 1. The van der Waals surface area contributed by atoms with Crippen LogP contribution in [0, 0.1) is 17.3 Å². The van der Waals surface area contributed by atoms with Gasteiger partial charge in [0.05, 0.1) is 0 Å². The Morgan fingerprint density at radius 2 is 1.63 bits per heavy atom. The van der Waals surface area contributed by atoms with Gasteiger partial charge in [-0.05, 0) is 69.9 Å². The van der Waals surface area contributed by atoms with Gasteiger partial charge >= 0.3 is 0 Å². The minimum atomic E-state index is 0.754. The predicted octanol–water partition coefficient (Wildman–Crippen LogP) is 5.10. The Balaban J connectivity index is 1.58. The van der Waals surface area contributed by atoms with Gasteiger partial charge in [-0.15, -0.1) is 0 Å². The van der Waals surface area contributed by atoms with E-state index < -0.39 is 0 Å². The molecule has 0 aromatic carbocycles. The van der Waals surface area contributed by atoms with E-state index in [2.05, 4.69) is 32.6 Å². The van der Waals surface area contributed by atoms with Crippen LogP contribution in [-0.2, 0) is 0 Å². The maximum Gasteiger partial charge on any atom is 0.00385 e. The van der Waals surface area contributed by atoms with E-state index in [0.29, 0.717) is 0 Å². The molecule has 1 heteroatoms. The van der Waals surface area contributed by atoms with Gasteiger partial charge in [-0.2, -0.15) is 0 Å². The maximum atomic E-state index is 2.67. The van der Waals surface area contributed by atoms with Crippen LogP contribution in [0.3, 0.4) is 0 Å². The molecule has 2 fully saturated rings. The number of likely N-dealkylation sites (tertiary alicyclic amines) is 1. The quantitative estimate of drug-likeness (QED) is 0.604. The van der Waals surface area contributed by atoms with Crippen LogP contribution in [-0.4, -0.2) is 24.0 Å². The molecule has 0 aromatic rings. The lowest BCUT2D eigenvalue weighted by molar-refractivity contribution is -0.0239. The minimum Gasteiger partial charge on any atom is -0.301 e. The van der Waals surface area contributed by atoms with Crippen molar-refractivity contribution < 1.29 is 0 Å². The Morgan fingerprint density at radius 1 is 1.00 bits per heavy atom. The summed E-state index contributed by atoms with van der Waals surface area (Å²) >= 11 is 0. The highest BCUT2D eigenvalue weighted by Gasteiger charge is 2.45. The molecule has 19 heavy (non-hydrogen) atoms. The van der Waals surface area contributed by atoms with Gasteiger partial charge in [0.15, 0.2) is 0 Å². The van der Waals surface area contributed by atoms with Crippen molar-refractivity contribution in [2.75, 3.05) is 13.1 Å². The molecule has 0 radical (unpaired) electrons. The summed E-state index contributed by atoms with van der Waals surface area (Å²) in [6.45, 7) is 12.1. The Labute approximate surface area is 121 Å². The van der Waals surface area contributed by atoms with Crippen molar-refractivity contribution in [3.8, 4) is 0 Å². The molecule has 1 heterocycles. The fourth-order valence-corrected chi connectivity index (χ4v) is 4.28. The second kappa shape index (κ2) is 6.61. The van der Waals surface area contributed by atoms with Crippen LogP contribution in [0.5, 0.6) is 0 Å². The van der Waals surface area contributed by atoms with Crippen LogP contribution in [0.4, 0.5) is 0 Å². The van der Waals surface area contributed by atoms with Crippen LogP contribution < -0.4 is 0 Å². The van der Waals surface area contributed by atoms with Crippen molar-refractivity contribution in [2.24, 2.45) is 17.3 Å². The zero-order valence-corrected chi connectivity index (χ0v) is 13.8. The fourth-order valence-electron chi connectivity index (χ4n) is 4.28. The van der Waals surface area contributed by atoms with Gasteiger partial charge in [0.2, 0.25) is 0 Å². The first-order valence-electron chi connectivity index (χ1n) is 8.75. The second-order valence-corrected chi connectivity index (χ2v) is 8.08. The molecule has 1 spiro atoms. The van der Waals surface area contributed by atoms with E-state index >= 15 is 0 Å². The summed E-state index contributed by atoms with van der Waals surface area (Å²) in [6, 6.07) is 0.754. The van der Waals surface area contributed by atoms with Crippen LogP contribution in [0.15, 0.2) is 0 Å². The van der Waals surface area contributed by atoms with Crippen LogP contribution in [0.2, 0.25) is 0 Å². The van der Waals surface area contributed by atoms with Crippen molar-refractivity contribution in [3.05, 3.63) is 0 Å². The lowest BCUT2D eigenvalue weighted by atomic mass is 9.56. The first-order chi connectivity index (χ1) is 9.01. The zero-order valence-electron chi connectivity index (χ0n) is 13.8. The third-order valence-corrected chi connectivity index (χ3v) is 5.68. The van der Waals surface area contributed by atoms with Crippen molar-refractivity contribution in [1.82, 2.24) is 4.90 Å². The average molecular weight is 265 g/mol. The van der Waals surface area contributed by atoms with E-state index in [4.69, 9.17) is 0 Å². The summed E-state index contributed by atoms with van der Waals surface area (Å²) in [4.78, 5) is 2.67. The summed E-state index contributed by atoms with van der Waals surface area (Å²) < 4.78 is 0. The van der Waals surface area contributed by atoms with Gasteiger partial charge in [0.1, 0.15) is 0 Å².